The van der Waals surface area contributed by atoms with Crippen molar-refractivity contribution in [1.29, 1.82) is 0 Å². The second-order valence-corrected chi connectivity index (χ2v) is 7.18. The average molecular weight is 314 g/mol. The first-order valence-electron chi connectivity index (χ1n) is 8.52. The van der Waals surface area contributed by atoms with E-state index in [1.165, 1.54) is 0 Å². The molecule has 5 nitrogen and oxygen atoms in total. The molecule has 0 unspecified atom stereocenters. The van der Waals surface area contributed by atoms with Gasteiger partial charge >= 0.3 is 0 Å². The van der Waals surface area contributed by atoms with Crippen molar-refractivity contribution in [1.82, 2.24) is 10.4 Å². The van der Waals surface area contributed by atoms with Crippen LogP contribution in [0.15, 0.2) is 18.2 Å². The number of hydrogen-bond donors (Lipinski definition) is 2. The molecule has 1 saturated carbocycles. The van der Waals surface area contributed by atoms with Crippen LogP contribution in [0.3, 0.4) is 0 Å². The Hall–Kier alpha value is -1.88. The molecule has 1 heterocycles. The van der Waals surface area contributed by atoms with Gasteiger partial charge in [0.25, 0.3) is 5.91 Å². The van der Waals surface area contributed by atoms with Crippen molar-refractivity contribution in [2.24, 2.45) is 5.41 Å². The van der Waals surface area contributed by atoms with E-state index in [2.05, 4.69) is 5.32 Å². The Labute approximate surface area is 135 Å². The highest BCUT2D eigenvalue weighted by molar-refractivity contribution is 5.94. The smallest absolute Gasteiger partial charge is 0.277 e. The molecule has 1 aromatic carbocycles. The van der Waals surface area contributed by atoms with Gasteiger partial charge in [0, 0.05) is 12.1 Å². The number of carbonyl (C=O) groups is 2. The quantitative estimate of drug-likeness (QED) is 0.648. The zero-order valence-corrected chi connectivity index (χ0v) is 13.2. The molecule has 2 aliphatic carbocycles. The number of nitrogens with one attached hydrogen (secondary N) is 1. The third-order valence-corrected chi connectivity index (χ3v) is 5.85. The minimum atomic E-state index is -0.309. The van der Waals surface area contributed by atoms with Gasteiger partial charge in [-0.05, 0) is 68.2 Å². The molecule has 1 aliphatic heterocycles. The van der Waals surface area contributed by atoms with E-state index in [9.17, 15) is 14.8 Å². The number of hydrogen-bond acceptors (Lipinski definition) is 3. The number of carbonyl (C=O) groups excluding carboxylic acids is 2. The van der Waals surface area contributed by atoms with Crippen LogP contribution < -0.4 is 5.32 Å². The lowest BCUT2D eigenvalue weighted by molar-refractivity contribution is -0.128. The molecule has 0 bridgehead atoms. The van der Waals surface area contributed by atoms with Crippen molar-refractivity contribution in [2.45, 2.75) is 51.0 Å². The zero-order valence-electron chi connectivity index (χ0n) is 13.2. The lowest BCUT2D eigenvalue weighted by Gasteiger charge is -2.34. The highest BCUT2D eigenvalue weighted by Crippen LogP contribution is 2.41. The van der Waals surface area contributed by atoms with Gasteiger partial charge in [0.15, 0.2) is 0 Å². The van der Waals surface area contributed by atoms with Crippen LogP contribution in [0.4, 0.5) is 0 Å². The third-order valence-electron chi connectivity index (χ3n) is 5.85. The van der Waals surface area contributed by atoms with E-state index in [0.717, 1.165) is 67.7 Å². The highest BCUT2D eigenvalue weighted by Gasteiger charge is 2.44. The maximum Gasteiger partial charge on any atom is 0.277 e. The van der Waals surface area contributed by atoms with Crippen molar-refractivity contribution in [2.75, 3.05) is 6.54 Å². The molecule has 1 aromatic rings. The van der Waals surface area contributed by atoms with E-state index in [0.29, 0.717) is 5.56 Å². The summed E-state index contributed by atoms with van der Waals surface area (Å²) in [6, 6.07) is 5.63. The standard InChI is InChI=1S/C18H22N2O3/c21-16(20(23)15-2-1-3-15)13-4-5-14-11-18(7-6-12(14)10-13)8-9-19-17(18)22/h4-5,10,15,23H,1-3,6-9,11H2,(H,19,22)/t18-/m0/s1. The van der Waals surface area contributed by atoms with Crippen molar-refractivity contribution < 1.29 is 14.8 Å². The third kappa shape index (κ3) is 2.34. The molecule has 0 aromatic heterocycles. The van der Waals surface area contributed by atoms with Gasteiger partial charge in [-0.2, -0.15) is 0 Å². The fourth-order valence-corrected chi connectivity index (χ4v) is 4.04. The maximum atomic E-state index is 12.4. The predicted molar refractivity (Wildman–Crippen MR) is 84.1 cm³/mol. The first-order chi connectivity index (χ1) is 11.1. The summed E-state index contributed by atoms with van der Waals surface area (Å²) in [6.07, 6.45) is 6.15. The molecule has 3 aliphatic rings. The van der Waals surface area contributed by atoms with Gasteiger partial charge in [-0.15, -0.1) is 0 Å². The summed E-state index contributed by atoms with van der Waals surface area (Å²) < 4.78 is 0. The Bertz CT molecular complexity index is 668. The van der Waals surface area contributed by atoms with E-state index >= 15 is 0 Å². The minimum Gasteiger partial charge on any atom is -0.356 e. The van der Waals surface area contributed by atoms with Crippen LogP contribution in [0.25, 0.3) is 0 Å². The minimum absolute atomic E-state index is 0.0241. The lowest BCUT2D eigenvalue weighted by atomic mass is 9.70. The number of hydroxylamine groups is 2. The van der Waals surface area contributed by atoms with Crippen molar-refractivity contribution in [3.63, 3.8) is 0 Å². The summed E-state index contributed by atoms with van der Waals surface area (Å²) in [4.78, 5) is 24.5. The Kier molecular flexibility index (Phi) is 3.41. The molecule has 0 radical (unpaired) electrons. The zero-order chi connectivity index (χ0) is 16.0. The second kappa shape index (κ2) is 5.34. The van der Waals surface area contributed by atoms with Crippen molar-refractivity contribution in [3.8, 4) is 0 Å². The normalized spacial score (nSPS) is 26.6. The van der Waals surface area contributed by atoms with Crippen molar-refractivity contribution in [3.05, 3.63) is 34.9 Å². The average Bonchev–Trinajstić information content (AvgIpc) is 2.85. The molecule has 2 N–H and O–H groups in total. The molecule has 4 rings (SSSR count). The Balaban J connectivity index is 1.55. The number of nitrogens with zero attached hydrogens (tertiary/aromatic N) is 1. The number of rotatable bonds is 2. The largest absolute Gasteiger partial charge is 0.356 e. The molecule has 1 atom stereocenters. The summed E-state index contributed by atoms with van der Waals surface area (Å²) in [5.74, 6) is -0.133. The molecule has 1 saturated heterocycles. The van der Waals surface area contributed by atoms with Crippen LogP contribution in [0, 0.1) is 5.41 Å². The van der Waals surface area contributed by atoms with Gasteiger partial charge < -0.3 is 5.32 Å². The monoisotopic (exact) mass is 314 g/mol. The van der Waals surface area contributed by atoms with Gasteiger partial charge in [0.1, 0.15) is 0 Å². The van der Waals surface area contributed by atoms with Crippen LogP contribution in [0.5, 0.6) is 0 Å². The molecule has 1 spiro atoms. The van der Waals surface area contributed by atoms with Gasteiger partial charge in [-0.3, -0.25) is 14.8 Å². The van der Waals surface area contributed by atoms with E-state index in [1.54, 1.807) is 6.07 Å². The summed E-state index contributed by atoms with van der Waals surface area (Å²) >= 11 is 0. The lowest BCUT2D eigenvalue weighted by Crippen LogP contribution is -2.42. The summed E-state index contributed by atoms with van der Waals surface area (Å²) in [7, 11) is 0. The predicted octanol–water partition coefficient (Wildman–Crippen LogP) is 2.07. The van der Waals surface area contributed by atoms with E-state index in [4.69, 9.17) is 0 Å². The van der Waals surface area contributed by atoms with Gasteiger partial charge in [0.05, 0.1) is 11.5 Å². The number of fused-ring (bicyclic) bond motifs is 1. The second-order valence-electron chi connectivity index (χ2n) is 7.18. The highest BCUT2D eigenvalue weighted by atomic mass is 16.5. The Morgan fingerprint density at radius 2 is 2.09 bits per heavy atom. The molecule has 2 amide bonds. The maximum absolute atomic E-state index is 12.4. The SMILES string of the molecule is O=C(c1ccc2c(c1)CC[C@]1(CCNC1=O)C2)N(O)C1CCC1. The van der Waals surface area contributed by atoms with Crippen LogP contribution in [0.1, 0.15) is 53.6 Å². The fourth-order valence-electron chi connectivity index (χ4n) is 4.04. The van der Waals surface area contributed by atoms with E-state index in [1.807, 2.05) is 12.1 Å². The van der Waals surface area contributed by atoms with Crippen molar-refractivity contribution >= 4 is 11.8 Å². The molecule has 23 heavy (non-hydrogen) atoms. The first-order valence-corrected chi connectivity index (χ1v) is 8.52. The molecular formula is C18H22N2O3. The topological polar surface area (TPSA) is 69.6 Å². The van der Waals surface area contributed by atoms with Gasteiger partial charge in [-0.25, -0.2) is 5.06 Å². The van der Waals surface area contributed by atoms with Gasteiger partial charge in [-0.1, -0.05) is 6.07 Å². The van der Waals surface area contributed by atoms with Crippen LogP contribution in [-0.4, -0.2) is 34.7 Å². The molecule has 122 valence electrons. The van der Waals surface area contributed by atoms with Crippen LogP contribution >= 0.6 is 0 Å². The fraction of sp³-hybridized carbons (Fsp3) is 0.556. The number of benzene rings is 1. The molecule has 5 heteroatoms. The number of aryl methyl sites for hydroxylation is 1. The van der Waals surface area contributed by atoms with E-state index in [-0.39, 0.29) is 23.3 Å². The Morgan fingerprint density at radius 1 is 1.26 bits per heavy atom. The summed E-state index contributed by atoms with van der Waals surface area (Å²) in [5.41, 5.74) is 2.61. The Morgan fingerprint density at radius 3 is 2.74 bits per heavy atom. The van der Waals surface area contributed by atoms with Crippen LogP contribution in [0.2, 0.25) is 0 Å². The molecular weight excluding hydrogens is 292 g/mol. The first kappa shape index (κ1) is 14.7. The molecule has 2 fully saturated rings. The number of amides is 2. The van der Waals surface area contributed by atoms with Gasteiger partial charge in [0.2, 0.25) is 5.91 Å². The summed E-state index contributed by atoms with van der Waals surface area (Å²) in [6.45, 7) is 0.769. The van der Waals surface area contributed by atoms with E-state index < -0.39 is 0 Å². The summed E-state index contributed by atoms with van der Waals surface area (Å²) in [5, 5.41) is 13.9. The van der Waals surface area contributed by atoms with Crippen LogP contribution in [-0.2, 0) is 17.6 Å².